The number of ether oxygens (including phenoxy) is 1. The van der Waals surface area contributed by atoms with Gasteiger partial charge in [0.05, 0.1) is 16.6 Å². The molecule has 0 bridgehead atoms. The molecule has 0 aliphatic carbocycles. The molecule has 1 aromatic carbocycles. The average Bonchev–Trinajstić information content (AvgIpc) is 2.76. The van der Waals surface area contributed by atoms with E-state index in [-0.39, 0.29) is 0 Å². The summed E-state index contributed by atoms with van der Waals surface area (Å²) < 4.78 is 45.2. The summed E-state index contributed by atoms with van der Waals surface area (Å²) in [6.07, 6.45) is -3.08. The van der Waals surface area contributed by atoms with E-state index in [0.29, 0.717) is 42.3 Å². The van der Waals surface area contributed by atoms with E-state index in [1.165, 1.54) is 6.07 Å². The third kappa shape index (κ3) is 3.68. The zero-order chi connectivity index (χ0) is 15.5. The van der Waals surface area contributed by atoms with E-state index in [9.17, 15) is 13.2 Å². The minimum absolute atomic E-state index is 0.349. The van der Waals surface area contributed by atoms with Gasteiger partial charge in [0.15, 0.2) is 0 Å². The number of hydrogen-bond donors (Lipinski definition) is 0. The Bertz CT molecular complexity index is 610. The summed E-state index contributed by atoms with van der Waals surface area (Å²) in [5, 5.41) is 0. The van der Waals surface area contributed by atoms with Crippen LogP contribution in [-0.2, 0) is 23.9 Å². The fraction of sp³-hybridized carbons (Fsp3) is 0.500. The number of halogens is 4. The summed E-state index contributed by atoms with van der Waals surface area (Å²) in [6.45, 7) is 1.22. The first-order chi connectivity index (χ1) is 9.97. The second-order valence-corrected chi connectivity index (χ2v) is 5.04. The second-order valence-electron chi connectivity index (χ2n) is 4.67. The van der Waals surface area contributed by atoms with E-state index in [1.807, 2.05) is 4.57 Å². The van der Waals surface area contributed by atoms with Crippen LogP contribution in [0.3, 0.4) is 0 Å². The molecule has 0 radical (unpaired) electrons. The number of aryl methyl sites for hydroxylation is 2. The SMILES string of the molecule is COCCCn1c(CCCl)nc2cc(C(F)(F)F)ccc21. The lowest BCUT2D eigenvalue weighted by Gasteiger charge is -2.09. The molecular formula is C14H16ClF3N2O. The Morgan fingerprint density at radius 1 is 1.33 bits per heavy atom. The molecule has 3 nitrogen and oxygen atoms in total. The maximum absolute atomic E-state index is 12.7. The molecule has 0 unspecified atom stereocenters. The topological polar surface area (TPSA) is 27.1 Å². The Kier molecular flexibility index (Phi) is 5.11. The highest BCUT2D eigenvalue weighted by Gasteiger charge is 2.31. The van der Waals surface area contributed by atoms with Crippen LogP contribution in [0.25, 0.3) is 11.0 Å². The van der Waals surface area contributed by atoms with Crippen molar-refractivity contribution in [3.63, 3.8) is 0 Å². The van der Waals surface area contributed by atoms with Crippen molar-refractivity contribution in [1.29, 1.82) is 0 Å². The third-order valence-corrected chi connectivity index (χ3v) is 3.39. The lowest BCUT2D eigenvalue weighted by molar-refractivity contribution is -0.137. The standard InChI is InChI=1S/C14H16ClF3N2O/c1-21-8-2-7-20-12-4-3-10(14(16,17)18)9-11(12)19-13(20)5-6-15/h3-4,9H,2,5-8H2,1H3. The van der Waals surface area contributed by atoms with E-state index < -0.39 is 11.7 Å². The molecule has 1 aromatic heterocycles. The molecule has 0 fully saturated rings. The Balaban J connectivity index is 2.41. The number of aromatic nitrogens is 2. The zero-order valence-corrected chi connectivity index (χ0v) is 12.3. The highest BCUT2D eigenvalue weighted by atomic mass is 35.5. The molecule has 0 amide bonds. The van der Waals surface area contributed by atoms with Gasteiger partial charge in [0.1, 0.15) is 5.82 Å². The first-order valence-corrected chi connectivity index (χ1v) is 7.12. The van der Waals surface area contributed by atoms with Crippen LogP contribution in [-0.4, -0.2) is 29.1 Å². The molecule has 0 aliphatic rings. The van der Waals surface area contributed by atoms with Gasteiger partial charge in [-0.1, -0.05) is 0 Å². The van der Waals surface area contributed by atoms with Crippen LogP contribution in [0.5, 0.6) is 0 Å². The van der Waals surface area contributed by atoms with E-state index in [2.05, 4.69) is 4.98 Å². The van der Waals surface area contributed by atoms with Gasteiger partial charge in [-0.2, -0.15) is 13.2 Å². The van der Waals surface area contributed by atoms with Crippen LogP contribution in [0.2, 0.25) is 0 Å². The summed E-state index contributed by atoms with van der Waals surface area (Å²) in [6, 6.07) is 3.64. The predicted molar refractivity (Wildman–Crippen MR) is 75.7 cm³/mol. The van der Waals surface area contributed by atoms with E-state index in [4.69, 9.17) is 16.3 Å². The van der Waals surface area contributed by atoms with Crippen LogP contribution >= 0.6 is 11.6 Å². The van der Waals surface area contributed by atoms with Crippen LogP contribution < -0.4 is 0 Å². The number of methoxy groups -OCH3 is 1. The van der Waals surface area contributed by atoms with Crippen molar-refractivity contribution < 1.29 is 17.9 Å². The molecule has 21 heavy (non-hydrogen) atoms. The molecule has 0 saturated carbocycles. The Labute approximate surface area is 125 Å². The molecule has 0 spiro atoms. The fourth-order valence-corrected chi connectivity index (χ4v) is 2.42. The third-order valence-electron chi connectivity index (χ3n) is 3.20. The van der Waals surface area contributed by atoms with Gasteiger partial charge < -0.3 is 9.30 Å². The van der Waals surface area contributed by atoms with E-state index in [1.54, 1.807) is 7.11 Å². The fourth-order valence-electron chi connectivity index (χ4n) is 2.25. The van der Waals surface area contributed by atoms with Crippen molar-refractivity contribution in [1.82, 2.24) is 9.55 Å². The highest BCUT2D eigenvalue weighted by molar-refractivity contribution is 6.17. The van der Waals surface area contributed by atoms with Gasteiger partial charge in [0.2, 0.25) is 0 Å². The second kappa shape index (κ2) is 6.66. The maximum atomic E-state index is 12.7. The molecular weight excluding hydrogens is 305 g/mol. The summed E-state index contributed by atoms with van der Waals surface area (Å²) in [7, 11) is 1.61. The average molecular weight is 321 g/mol. The monoisotopic (exact) mass is 320 g/mol. The van der Waals surface area contributed by atoms with E-state index in [0.717, 1.165) is 18.6 Å². The molecule has 1 heterocycles. The van der Waals surface area contributed by atoms with Crippen molar-refractivity contribution in [2.45, 2.75) is 25.6 Å². The van der Waals surface area contributed by atoms with Crippen molar-refractivity contribution in [2.75, 3.05) is 19.6 Å². The Morgan fingerprint density at radius 3 is 2.71 bits per heavy atom. The van der Waals surface area contributed by atoms with Crippen LogP contribution in [0.15, 0.2) is 18.2 Å². The number of fused-ring (bicyclic) bond motifs is 1. The number of rotatable bonds is 6. The van der Waals surface area contributed by atoms with Crippen molar-refractivity contribution >= 4 is 22.6 Å². The maximum Gasteiger partial charge on any atom is 0.416 e. The number of alkyl halides is 4. The van der Waals surface area contributed by atoms with Crippen LogP contribution in [0.4, 0.5) is 13.2 Å². The molecule has 0 aliphatic heterocycles. The van der Waals surface area contributed by atoms with Gasteiger partial charge in [-0.05, 0) is 24.6 Å². The summed E-state index contributed by atoms with van der Waals surface area (Å²) in [5.74, 6) is 1.08. The number of hydrogen-bond acceptors (Lipinski definition) is 2. The molecule has 0 N–H and O–H groups in total. The normalized spacial score (nSPS) is 12.2. The molecule has 2 aromatic rings. The minimum Gasteiger partial charge on any atom is -0.385 e. The van der Waals surface area contributed by atoms with Gasteiger partial charge in [-0.15, -0.1) is 11.6 Å². The van der Waals surface area contributed by atoms with Gasteiger partial charge >= 0.3 is 6.18 Å². The molecule has 116 valence electrons. The summed E-state index contributed by atoms with van der Waals surface area (Å²) in [4.78, 5) is 4.29. The molecule has 0 saturated heterocycles. The van der Waals surface area contributed by atoms with Crippen molar-refractivity contribution in [3.8, 4) is 0 Å². The lowest BCUT2D eigenvalue weighted by atomic mass is 10.2. The summed E-state index contributed by atoms with van der Waals surface area (Å²) >= 11 is 5.74. The highest BCUT2D eigenvalue weighted by Crippen LogP contribution is 2.31. The quantitative estimate of drug-likeness (QED) is 0.596. The first kappa shape index (κ1) is 16.1. The Morgan fingerprint density at radius 2 is 2.10 bits per heavy atom. The number of benzene rings is 1. The number of imidazole rings is 1. The van der Waals surface area contributed by atoms with E-state index >= 15 is 0 Å². The molecule has 2 rings (SSSR count). The van der Waals surface area contributed by atoms with Crippen LogP contribution in [0.1, 0.15) is 17.8 Å². The van der Waals surface area contributed by atoms with Gasteiger partial charge in [0.25, 0.3) is 0 Å². The van der Waals surface area contributed by atoms with Crippen molar-refractivity contribution in [3.05, 3.63) is 29.6 Å². The molecule has 7 heteroatoms. The minimum atomic E-state index is -4.36. The van der Waals surface area contributed by atoms with Crippen LogP contribution in [0, 0.1) is 0 Å². The smallest absolute Gasteiger partial charge is 0.385 e. The largest absolute Gasteiger partial charge is 0.416 e. The first-order valence-electron chi connectivity index (χ1n) is 6.58. The summed E-state index contributed by atoms with van der Waals surface area (Å²) in [5.41, 5.74) is 0.357. The van der Waals surface area contributed by atoms with Crippen molar-refractivity contribution in [2.24, 2.45) is 0 Å². The molecule has 0 atom stereocenters. The Hall–Kier alpha value is -1.27. The van der Waals surface area contributed by atoms with Gasteiger partial charge in [0, 0.05) is 32.6 Å². The van der Waals surface area contributed by atoms with Gasteiger partial charge in [-0.3, -0.25) is 0 Å². The lowest BCUT2D eigenvalue weighted by Crippen LogP contribution is -2.07. The zero-order valence-electron chi connectivity index (χ0n) is 11.6. The van der Waals surface area contributed by atoms with Gasteiger partial charge in [-0.25, -0.2) is 4.98 Å². The predicted octanol–water partition coefficient (Wildman–Crippen LogP) is 3.87. The number of nitrogens with zero attached hydrogens (tertiary/aromatic N) is 2.